The van der Waals surface area contributed by atoms with Crippen molar-refractivity contribution in [3.63, 3.8) is 0 Å². The zero-order valence-corrected chi connectivity index (χ0v) is 13.6. The first-order chi connectivity index (χ1) is 10.3. The Kier molecular flexibility index (Phi) is 4.85. The first-order valence-corrected chi connectivity index (χ1v) is 8.22. The van der Waals surface area contributed by atoms with E-state index in [0.29, 0.717) is 16.3 Å². The number of rotatable bonds is 4. The number of carbonyl (C=O) groups excluding carboxylic acids is 1. The lowest BCUT2D eigenvalue weighted by atomic mass is 10.2. The number of anilines is 1. The molecule has 2 aromatic rings. The van der Waals surface area contributed by atoms with E-state index in [4.69, 9.17) is 11.6 Å². The summed E-state index contributed by atoms with van der Waals surface area (Å²) in [6.45, 7) is 0. The molecule has 0 bridgehead atoms. The van der Waals surface area contributed by atoms with Crippen molar-refractivity contribution in [3.05, 3.63) is 59.1 Å². The molecule has 1 amide bonds. The Morgan fingerprint density at radius 2 is 1.64 bits per heavy atom. The minimum absolute atomic E-state index is 0.131. The summed E-state index contributed by atoms with van der Waals surface area (Å²) in [7, 11) is -0.601. The van der Waals surface area contributed by atoms with Crippen LogP contribution in [-0.4, -0.2) is 32.7 Å². The van der Waals surface area contributed by atoms with E-state index in [1.807, 2.05) is 0 Å². The fourth-order valence-electron chi connectivity index (χ4n) is 1.75. The third-order valence-electron chi connectivity index (χ3n) is 3.02. The zero-order chi connectivity index (χ0) is 16.3. The van der Waals surface area contributed by atoms with Gasteiger partial charge in [0.05, 0.1) is 15.6 Å². The van der Waals surface area contributed by atoms with Crippen LogP contribution in [0.1, 0.15) is 10.4 Å². The van der Waals surface area contributed by atoms with E-state index in [0.717, 1.165) is 4.31 Å². The van der Waals surface area contributed by atoms with Crippen LogP contribution in [0, 0.1) is 0 Å². The van der Waals surface area contributed by atoms with Gasteiger partial charge in [0.25, 0.3) is 5.91 Å². The SMILES string of the molecule is CN(C)S(=O)(=O)c1ccc(C(=O)Nc2ccccc2Cl)cc1. The number of benzene rings is 2. The molecular formula is C15H15ClN2O3S. The Bertz CT molecular complexity index is 787. The van der Waals surface area contributed by atoms with Crippen LogP contribution < -0.4 is 5.32 Å². The van der Waals surface area contributed by atoms with Crippen molar-refractivity contribution < 1.29 is 13.2 Å². The predicted octanol–water partition coefficient (Wildman–Crippen LogP) is 2.84. The van der Waals surface area contributed by atoms with Crippen LogP contribution in [0.4, 0.5) is 5.69 Å². The van der Waals surface area contributed by atoms with Crippen molar-refractivity contribution in [1.29, 1.82) is 0 Å². The van der Waals surface area contributed by atoms with Crippen LogP contribution in [-0.2, 0) is 10.0 Å². The second-order valence-electron chi connectivity index (χ2n) is 4.75. The minimum Gasteiger partial charge on any atom is -0.321 e. The third-order valence-corrected chi connectivity index (χ3v) is 5.18. The summed E-state index contributed by atoms with van der Waals surface area (Å²) in [5, 5.41) is 3.11. The molecule has 0 heterocycles. The van der Waals surface area contributed by atoms with Gasteiger partial charge in [0.1, 0.15) is 0 Å². The number of para-hydroxylation sites is 1. The summed E-state index contributed by atoms with van der Waals surface area (Å²) in [6.07, 6.45) is 0. The standard InChI is InChI=1S/C15H15ClN2O3S/c1-18(2)22(20,21)12-9-7-11(8-10-12)15(19)17-14-6-4-3-5-13(14)16/h3-10H,1-2H3,(H,17,19). The first-order valence-electron chi connectivity index (χ1n) is 6.41. The molecule has 0 saturated heterocycles. The van der Waals surface area contributed by atoms with Gasteiger partial charge in [0.2, 0.25) is 10.0 Å². The normalized spacial score (nSPS) is 11.5. The van der Waals surface area contributed by atoms with Crippen LogP contribution in [0.2, 0.25) is 5.02 Å². The van der Waals surface area contributed by atoms with E-state index in [1.165, 1.54) is 38.4 Å². The lowest BCUT2D eigenvalue weighted by Crippen LogP contribution is -2.22. The number of nitrogens with one attached hydrogen (secondary N) is 1. The van der Waals surface area contributed by atoms with Gasteiger partial charge in [-0.3, -0.25) is 4.79 Å². The van der Waals surface area contributed by atoms with Crippen molar-refractivity contribution >= 4 is 33.2 Å². The van der Waals surface area contributed by atoms with E-state index >= 15 is 0 Å². The summed E-state index contributed by atoms with van der Waals surface area (Å²) in [5.41, 5.74) is 0.844. The second kappa shape index (κ2) is 6.48. The average molecular weight is 339 g/mol. The summed E-state index contributed by atoms with van der Waals surface area (Å²) in [6, 6.07) is 12.6. The molecule has 7 heteroatoms. The first kappa shape index (κ1) is 16.5. The topological polar surface area (TPSA) is 66.5 Å². The molecule has 0 fully saturated rings. The molecule has 0 radical (unpaired) electrons. The van der Waals surface area contributed by atoms with E-state index in [2.05, 4.69) is 5.32 Å². The van der Waals surface area contributed by atoms with Gasteiger partial charge in [0, 0.05) is 19.7 Å². The monoisotopic (exact) mass is 338 g/mol. The molecule has 2 rings (SSSR count). The Morgan fingerprint density at radius 3 is 2.18 bits per heavy atom. The summed E-state index contributed by atoms with van der Waals surface area (Å²) in [5.74, 6) is -0.359. The fourth-order valence-corrected chi connectivity index (χ4v) is 2.83. The van der Waals surface area contributed by atoms with E-state index < -0.39 is 10.0 Å². The molecule has 116 valence electrons. The number of carbonyl (C=O) groups is 1. The highest BCUT2D eigenvalue weighted by Crippen LogP contribution is 2.21. The lowest BCUT2D eigenvalue weighted by molar-refractivity contribution is 0.102. The van der Waals surface area contributed by atoms with E-state index in [9.17, 15) is 13.2 Å². The number of amides is 1. The van der Waals surface area contributed by atoms with Gasteiger partial charge in [-0.15, -0.1) is 0 Å². The van der Waals surface area contributed by atoms with Crippen LogP contribution >= 0.6 is 11.6 Å². The highest BCUT2D eigenvalue weighted by atomic mass is 35.5. The molecule has 5 nitrogen and oxygen atoms in total. The fraction of sp³-hybridized carbons (Fsp3) is 0.133. The largest absolute Gasteiger partial charge is 0.321 e. The number of hydrogen-bond acceptors (Lipinski definition) is 3. The Balaban J connectivity index is 2.21. The second-order valence-corrected chi connectivity index (χ2v) is 7.30. The van der Waals surface area contributed by atoms with Crippen molar-refractivity contribution in [3.8, 4) is 0 Å². The van der Waals surface area contributed by atoms with Gasteiger partial charge in [-0.1, -0.05) is 23.7 Å². The zero-order valence-electron chi connectivity index (χ0n) is 12.1. The Labute approximate surface area is 134 Å². The smallest absolute Gasteiger partial charge is 0.255 e. The molecule has 0 spiro atoms. The summed E-state index contributed by atoms with van der Waals surface area (Å²) in [4.78, 5) is 12.3. The van der Waals surface area contributed by atoms with Crippen molar-refractivity contribution in [2.24, 2.45) is 0 Å². The summed E-state index contributed by atoms with van der Waals surface area (Å²) >= 11 is 5.98. The highest BCUT2D eigenvalue weighted by Gasteiger charge is 2.17. The predicted molar refractivity (Wildman–Crippen MR) is 86.7 cm³/mol. The quantitative estimate of drug-likeness (QED) is 0.932. The van der Waals surface area contributed by atoms with Crippen LogP contribution in [0.15, 0.2) is 53.4 Å². The van der Waals surface area contributed by atoms with E-state index in [1.54, 1.807) is 24.3 Å². The van der Waals surface area contributed by atoms with Crippen LogP contribution in [0.5, 0.6) is 0 Å². The molecular weight excluding hydrogens is 324 g/mol. The Hall–Kier alpha value is -1.89. The van der Waals surface area contributed by atoms with Gasteiger partial charge in [-0.05, 0) is 36.4 Å². The van der Waals surface area contributed by atoms with Gasteiger partial charge in [-0.2, -0.15) is 0 Å². The van der Waals surface area contributed by atoms with E-state index in [-0.39, 0.29) is 10.8 Å². The van der Waals surface area contributed by atoms with Gasteiger partial charge >= 0.3 is 0 Å². The van der Waals surface area contributed by atoms with Gasteiger partial charge in [0.15, 0.2) is 0 Å². The van der Waals surface area contributed by atoms with Crippen molar-refractivity contribution in [1.82, 2.24) is 4.31 Å². The van der Waals surface area contributed by atoms with Crippen molar-refractivity contribution in [2.45, 2.75) is 4.90 Å². The highest BCUT2D eigenvalue weighted by molar-refractivity contribution is 7.89. The number of nitrogens with zero attached hydrogens (tertiary/aromatic N) is 1. The van der Waals surface area contributed by atoms with Crippen LogP contribution in [0.25, 0.3) is 0 Å². The molecule has 0 saturated carbocycles. The molecule has 22 heavy (non-hydrogen) atoms. The lowest BCUT2D eigenvalue weighted by Gasteiger charge is -2.12. The van der Waals surface area contributed by atoms with Crippen molar-refractivity contribution in [2.75, 3.05) is 19.4 Å². The molecule has 1 N–H and O–H groups in total. The van der Waals surface area contributed by atoms with Gasteiger partial charge < -0.3 is 5.32 Å². The maximum atomic E-state index is 12.1. The molecule has 0 atom stereocenters. The number of sulfonamides is 1. The number of hydrogen-bond donors (Lipinski definition) is 1. The molecule has 0 unspecified atom stereocenters. The molecule has 0 aliphatic carbocycles. The maximum absolute atomic E-state index is 12.1. The number of halogens is 1. The average Bonchev–Trinajstić information content (AvgIpc) is 2.49. The Morgan fingerprint density at radius 1 is 1.05 bits per heavy atom. The van der Waals surface area contributed by atoms with Crippen LogP contribution in [0.3, 0.4) is 0 Å². The maximum Gasteiger partial charge on any atom is 0.255 e. The third kappa shape index (κ3) is 3.47. The molecule has 0 aliphatic rings. The molecule has 0 aromatic heterocycles. The molecule has 2 aromatic carbocycles. The minimum atomic E-state index is -3.50. The van der Waals surface area contributed by atoms with Gasteiger partial charge in [-0.25, -0.2) is 12.7 Å². The summed E-state index contributed by atoms with van der Waals surface area (Å²) < 4.78 is 25.0. The molecule has 0 aliphatic heterocycles.